The number of rotatable bonds is 5. The maximum absolute atomic E-state index is 16.9. The van der Waals surface area contributed by atoms with Gasteiger partial charge in [0.25, 0.3) is 0 Å². The van der Waals surface area contributed by atoms with Gasteiger partial charge in [0.2, 0.25) is 0 Å². The normalized spacial score (nSPS) is 24.8. The van der Waals surface area contributed by atoms with Crippen molar-refractivity contribution in [1.29, 1.82) is 0 Å². The Hall–Kier alpha value is -4.66. The summed E-state index contributed by atoms with van der Waals surface area (Å²) in [6, 6.07) is 6.88. The molecule has 0 spiro atoms. The van der Waals surface area contributed by atoms with Crippen LogP contribution in [0.1, 0.15) is 24.8 Å². The Morgan fingerprint density at radius 1 is 1.11 bits per heavy atom. The van der Waals surface area contributed by atoms with Crippen LogP contribution < -0.4 is 20.7 Å². The summed E-state index contributed by atoms with van der Waals surface area (Å²) in [5.74, 6) is 0.119. The third kappa shape index (κ3) is 4.50. The van der Waals surface area contributed by atoms with Gasteiger partial charge in [0, 0.05) is 48.2 Å². The predicted octanol–water partition coefficient (Wildman–Crippen LogP) is 5.62. The third-order valence-corrected chi connectivity index (χ3v) is 9.80. The van der Waals surface area contributed by atoms with E-state index in [1.165, 1.54) is 24.3 Å². The summed E-state index contributed by atoms with van der Waals surface area (Å²) in [7, 11) is 0. The molecule has 0 saturated carbocycles. The molecule has 2 bridgehead atoms. The Morgan fingerprint density at radius 2 is 1.91 bits per heavy atom. The fraction of sp³-hybridized carbons (Fsp3) is 0.314. The van der Waals surface area contributed by atoms with Crippen molar-refractivity contribution in [3.63, 3.8) is 0 Å². The highest BCUT2D eigenvalue weighted by atomic mass is 19.1. The quantitative estimate of drug-likeness (QED) is 0.129. The molecule has 1 aromatic heterocycles. The number of hydrogen-bond donors (Lipinski definition) is 2. The van der Waals surface area contributed by atoms with Gasteiger partial charge in [-0.25, -0.2) is 17.6 Å². The third-order valence-electron chi connectivity index (χ3n) is 9.80. The molecule has 0 radical (unpaired) electrons. The summed E-state index contributed by atoms with van der Waals surface area (Å²) in [6.07, 6.45) is 12.8. The molecule has 3 N–H and O–H groups in total. The van der Waals surface area contributed by atoms with Crippen LogP contribution in [0.15, 0.2) is 54.4 Å². The van der Waals surface area contributed by atoms with Crippen LogP contribution in [0, 0.1) is 29.8 Å². The Morgan fingerprint density at radius 3 is 2.67 bits per heavy atom. The molecule has 4 aliphatic rings. The van der Waals surface area contributed by atoms with Gasteiger partial charge in [-0.1, -0.05) is 24.1 Å². The van der Waals surface area contributed by atoms with E-state index in [4.69, 9.17) is 21.9 Å². The molecule has 3 unspecified atom stereocenters. The molecule has 4 aliphatic heterocycles. The average molecular weight is 627 g/mol. The average Bonchev–Trinajstić information content (AvgIpc) is 3.71. The number of terminal acetylenes is 1. The molecule has 0 amide bonds. The lowest BCUT2D eigenvalue weighted by atomic mass is 9.92. The van der Waals surface area contributed by atoms with Gasteiger partial charge in [-0.2, -0.15) is 9.97 Å². The summed E-state index contributed by atoms with van der Waals surface area (Å²) in [6.45, 7) is 2.59. The summed E-state index contributed by atoms with van der Waals surface area (Å²) in [5, 5.41) is 4.25. The predicted molar refractivity (Wildman–Crippen MR) is 170 cm³/mol. The van der Waals surface area contributed by atoms with Crippen molar-refractivity contribution >= 4 is 33.2 Å². The molecule has 5 heterocycles. The number of anilines is 2. The zero-order chi connectivity index (χ0) is 31.7. The summed E-state index contributed by atoms with van der Waals surface area (Å²) < 4.78 is 67.7. The van der Waals surface area contributed by atoms with Crippen molar-refractivity contribution in [2.24, 2.45) is 0 Å². The molecule has 8 rings (SSSR count). The standard InChI is InChI=1S/C35H30F4N6O/c1-2-24-27(37)7-4-20-10-21(40)11-25(29(20)24)30-28(38)12-26-32(31(30)39)42-34(43-33(26)44-16-22-5-6-23(17-44)41-22)46-18-35-8-3-9-45(35)15-19(13-35)14-36/h1,4-7,10-12,14,22-23,41H,3,8-9,13,15-18,40H2/b19-14+. The van der Waals surface area contributed by atoms with E-state index in [1.54, 1.807) is 6.07 Å². The van der Waals surface area contributed by atoms with Crippen molar-refractivity contribution < 1.29 is 22.3 Å². The zero-order valence-electron chi connectivity index (χ0n) is 24.8. The van der Waals surface area contributed by atoms with Crippen molar-refractivity contribution in [1.82, 2.24) is 20.2 Å². The maximum Gasteiger partial charge on any atom is 0.319 e. The molecular formula is C35H30F4N6O. The Balaban J connectivity index is 1.30. The molecule has 4 aromatic rings. The molecule has 3 aromatic carbocycles. The van der Waals surface area contributed by atoms with Crippen LogP contribution in [-0.4, -0.2) is 65.3 Å². The van der Waals surface area contributed by atoms with Gasteiger partial charge in [0.15, 0.2) is 5.82 Å². The fourth-order valence-corrected chi connectivity index (χ4v) is 7.77. The number of halogens is 4. The fourth-order valence-electron chi connectivity index (χ4n) is 7.77. The summed E-state index contributed by atoms with van der Waals surface area (Å²) in [5.41, 5.74) is 5.99. The van der Waals surface area contributed by atoms with Crippen molar-refractivity contribution in [2.45, 2.75) is 36.9 Å². The van der Waals surface area contributed by atoms with Gasteiger partial charge in [0.05, 0.1) is 23.0 Å². The highest BCUT2D eigenvalue weighted by Crippen LogP contribution is 2.43. The first-order chi connectivity index (χ1) is 22.3. The topological polar surface area (TPSA) is 79.5 Å². The van der Waals surface area contributed by atoms with E-state index < -0.39 is 28.6 Å². The number of aromatic nitrogens is 2. The first-order valence-corrected chi connectivity index (χ1v) is 15.3. The zero-order valence-corrected chi connectivity index (χ0v) is 24.8. The number of hydrogen-bond acceptors (Lipinski definition) is 7. The number of nitrogens with zero attached hydrogens (tertiary/aromatic N) is 4. The van der Waals surface area contributed by atoms with E-state index in [-0.39, 0.29) is 57.8 Å². The van der Waals surface area contributed by atoms with E-state index >= 15 is 8.78 Å². The Kier molecular flexibility index (Phi) is 6.70. The van der Waals surface area contributed by atoms with Crippen molar-refractivity contribution in [3.05, 3.63) is 77.4 Å². The minimum absolute atomic E-state index is 0.0170. The minimum atomic E-state index is -0.969. The monoisotopic (exact) mass is 626 g/mol. The van der Waals surface area contributed by atoms with E-state index in [1.807, 2.05) is 4.90 Å². The second kappa shape index (κ2) is 10.7. The molecule has 11 heteroatoms. The van der Waals surface area contributed by atoms with Gasteiger partial charge >= 0.3 is 6.01 Å². The van der Waals surface area contributed by atoms with E-state index in [0.29, 0.717) is 49.2 Å². The van der Waals surface area contributed by atoms with Crippen LogP contribution in [0.2, 0.25) is 0 Å². The maximum atomic E-state index is 16.9. The van der Waals surface area contributed by atoms with Crippen molar-refractivity contribution in [3.8, 4) is 29.5 Å². The van der Waals surface area contributed by atoms with E-state index in [9.17, 15) is 8.78 Å². The minimum Gasteiger partial charge on any atom is -0.461 e. The summed E-state index contributed by atoms with van der Waals surface area (Å²) in [4.78, 5) is 13.4. The van der Waals surface area contributed by atoms with Crippen LogP contribution in [0.25, 0.3) is 32.8 Å². The number of nitrogens with two attached hydrogens (primary N) is 1. The number of nitrogen functional groups attached to an aromatic ring is 1. The molecule has 0 aliphatic carbocycles. The molecule has 46 heavy (non-hydrogen) atoms. The lowest BCUT2D eigenvalue weighted by Crippen LogP contribution is -2.52. The molecule has 234 valence electrons. The van der Waals surface area contributed by atoms with Crippen molar-refractivity contribution in [2.75, 3.05) is 43.4 Å². The second-order valence-corrected chi connectivity index (χ2v) is 12.7. The van der Waals surface area contributed by atoms with Gasteiger partial charge < -0.3 is 20.7 Å². The van der Waals surface area contributed by atoms with Crippen LogP contribution in [0.4, 0.5) is 29.1 Å². The van der Waals surface area contributed by atoms with Crippen LogP contribution >= 0.6 is 0 Å². The SMILES string of the molecule is C#Cc1c(F)ccc2cc(N)cc(-c3c(F)cc4c(N5CC6C=CC(C5)N6)nc(OCC56CCCN5C/C(=C/F)C6)nc4c3F)c12. The Labute approximate surface area is 262 Å². The highest BCUT2D eigenvalue weighted by Gasteiger charge is 2.47. The van der Waals surface area contributed by atoms with E-state index in [2.05, 4.69) is 33.3 Å². The van der Waals surface area contributed by atoms with E-state index in [0.717, 1.165) is 19.4 Å². The molecule has 3 saturated heterocycles. The van der Waals surface area contributed by atoms with Crippen LogP contribution in [0.3, 0.4) is 0 Å². The van der Waals surface area contributed by atoms with Crippen LogP contribution in [0.5, 0.6) is 6.01 Å². The highest BCUT2D eigenvalue weighted by molar-refractivity contribution is 6.05. The lowest BCUT2D eigenvalue weighted by molar-refractivity contribution is 0.108. The van der Waals surface area contributed by atoms with Crippen LogP contribution in [-0.2, 0) is 0 Å². The molecular weight excluding hydrogens is 596 g/mol. The molecule has 3 atom stereocenters. The van der Waals surface area contributed by atoms with Gasteiger partial charge in [-0.15, -0.1) is 6.42 Å². The lowest BCUT2D eigenvalue weighted by Gasteiger charge is -2.35. The largest absolute Gasteiger partial charge is 0.461 e. The number of nitrogens with one attached hydrogen (secondary N) is 1. The molecule has 3 fully saturated rings. The first kappa shape index (κ1) is 28.8. The first-order valence-electron chi connectivity index (χ1n) is 15.3. The number of fused-ring (bicyclic) bond motifs is 5. The smallest absolute Gasteiger partial charge is 0.319 e. The number of piperazine rings is 1. The Bertz CT molecular complexity index is 2030. The van der Waals surface area contributed by atoms with Gasteiger partial charge in [-0.05, 0) is 66.6 Å². The number of ether oxygens (including phenoxy) is 1. The van der Waals surface area contributed by atoms with Gasteiger partial charge in [-0.3, -0.25) is 4.90 Å². The summed E-state index contributed by atoms with van der Waals surface area (Å²) >= 11 is 0. The second-order valence-electron chi connectivity index (χ2n) is 12.7. The number of benzene rings is 3. The molecule has 7 nitrogen and oxygen atoms in total. The van der Waals surface area contributed by atoms with Gasteiger partial charge in [0.1, 0.15) is 29.6 Å².